The summed E-state index contributed by atoms with van der Waals surface area (Å²) in [4.78, 5) is 11.6. The number of anilines is 1. The molecular weight excluding hydrogens is 241 g/mol. The number of nitrogens with one attached hydrogen (secondary N) is 1. The number of amides is 1. The minimum absolute atomic E-state index is 0.0891. The third kappa shape index (κ3) is 4.45. The van der Waals surface area contributed by atoms with Crippen LogP contribution in [0.25, 0.3) is 0 Å². The van der Waals surface area contributed by atoms with E-state index in [0.29, 0.717) is 0 Å². The summed E-state index contributed by atoms with van der Waals surface area (Å²) in [7, 11) is 0. The molecule has 76 valence electrons. The molecule has 14 heavy (non-hydrogen) atoms. The van der Waals surface area contributed by atoms with E-state index in [9.17, 15) is 4.79 Å². The van der Waals surface area contributed by atoms with Crippen molar-refractivity contribution in [1.82, 2.24) is 0 Å². The van der Waals surface area contributed by atoms with E-state index in [-0.39, 0.29) is 19.8 Å². The average Bonchev–Trinajstić information content (AvgIpc) is 2.20. The molecule has 0 aliphatic carbocycles. The van der Waals surface area contributed by atoms with Crippen molar-refractivity contribution in [2.75, 3.05) is 5.32 Å². The molecule has 0 saturated carbocycles. The summed E-state index contributed by atoms with van der Waals surface area (Å²) in [5.41, 5.74) is 0.899. The SMILES string of the molecule is CCCC[Se]C(=O)Nc1ccccc1. The fourth-order valence-corrected chi connectivity index (χ4v) is 2.68. The molecule has 0 saturated heterocycles. The van der Waals surface area contributed by atoms with Gasteiger partial charge in [0.2, 0.25) is 0 Å². The summed E-state index contributed by atoms with van der Waals surface area (Å²) >= 11 is 0.0891. The molecule has 0 heterocycles. The fourth-order valence-electron chi connectivity index (χ4n) is 0.985. The van der Waals surface area contributed by atoms with Crippen molar-refractivity contribution < 1.29 is 4.79 Å². The molecule has 0 atom stereocenters. The van der Waals surface area contributed by atoms with Gasteiger partial charge in [-0.1, -0.05) is 0 Å². The van der Waals surface area contributed by atoms with Crippen molar-refractivity contribution in [3.8, 4) is 0 Å². The van der Waals surface area contributed by atoms with E-state index in [1.165, 1.54) is 6.42 Å². The molecule has 2 nitrogen and oxygen atoms in total. The van der Waals surface area contributed by atoms with Crippen LogP contribution in [-0.2, 0) is 0 Å². The maximum atomic E-state index is 11.4. The van der Waals surface area contributed by atoms with Crippen molar-refractivity contribution in [2.45, 2.75) is 25.1 Å². The Balaban J connectivity index is 2.27. The second-order valence-electron chi connectivity index (χ2n) is 2.98. The number of carbonyl (C=O) groups excluding carboxylic acids is 1. The van der Waals surface area contributed by atoms with Gasteiger partial charge in [-0.05, 0) is 0 Å². The van der Waals surface area contributed by atoms with Crippen LogP contribution in [-0.4, -0.2) is 19.8 Å². The molecule has 0 spiro atoms. The van der Waals surface area contributed by atoms with Gasteiger partial charge in [0.15, 0.2) is 0 Å². The van der Waals surface area contributed by atoms with Gasteiger partial charge in [-0.15, -0.1) is 0 Å². The molecule has 3 heteroatoms. The van der Waals surface area contributed by atoms with Gasteiger partial charge >= 0.3 is 91.0 Å². The molecule has 0 radical (unpaired) electrons. The third-order valence-corrected chi connectivity index (χ3v) is 3.55. The molecule has 0 unspecified atom stereocenters. The van der Waals surface area contributed by atoms with Gasteiger partial charge in [-0.3, -0.25) is 0 Å². The van der Waals surface area contributed by atoms with Crippen LogP contribution in [0.4, 0.5) is 10.5 Å². The predicted octanol–water partition coefficient (Wildman–Crippen LogP) is 3.14. The molecule has 0 aromatic heterocycles. The van der Waals surface area contributed by atoms with Gasteiger partial charge < -0.3 is 0 Å². The molecule has 1 amide bonds. The molecule has 0 aliphatic rings. The standard InChI is InChI=1S/C11H15NOSe/c1-2-3-9-14-11(13)12-10-7-5-4-6-8-10/h4-8H,2-3,9H2,1H3,(H,12,13). The first-order valence-corrected chi connectivity index (χ1v) is 6.88. The van der Waals surface area contributed by atoms with E-state index in [2.05, 4.69) is 12.2 Å². The molecule has 1 aromatic rings. The Hall–Kier alpha value is -0.791. The zero-order valence-electron chi connectivity index (χ0n) is 8.32. The molecule has 1 aromatic carbocycles. The Morgan fingerprint density at radius 2 is 2.07 bits per heavy atom. The molecule has 1 N–H and O–H groups in total. The molecular formula is C11H15NOSe. The second kappa shape index (κ2) is 6.63. The number of unbranched alkanes of at least 4 members (excludes halogenated alkanes) is 1. The van der Waals surface area contributed by atoms with Gasteiger partial charge in [-0.2, -0.15) is 0 Å². The van der Waals surface area contributed by atoms with Crippen LogP contribution in [0.3, 0.4) is 0 Å². The maximum absolute atomic E-state index is 11.4. The van der Waals surface area contributed by atoms with Gasteiger partial charge in [-0.25, -0.2) is 0 Å². The van der Waals surface area contributed by atoms with Crippen molar-refractivity contribution in [2.24, 2.45) is 0 Å². The van der Waals surface area contributed by atoms with Crippen LogP contribution in [0, 0.1) is 0 Å². The molecule has 0 bridgehead atoms. The fraction of sp³-hybridized carbons (Fsp3) is 0.364. The molecule has 0 fully saturated rings. The van der Waals surface area contributed by atoms with Crippen LogP contribution in [0.2, 0.25) is 5.32 Å². The summed E-state index contributed by atoms with van der Waals surface area (Å²) in [5.74, 6) is 0. The number of rotatable bonds is 5. The summed E-state index contributed by atoms with van der Waals surface area (Å²) in [6, 6.07) is 9.61. The van der Waals surface area contributed by atoms with E-state index >= 15 is 0 Å². The zero-order valence-corrected chi connectivity index (χ0v) is 10.0. The molecule has 0 aliphatic heterocycles. The summed E-state index contributed by atoms with van der Waals surface area (Å²) in [5, 5.41) is 3.93. The monoisotopic (exact) mass is 257 g/mol. The van der Waals surface area contributed by atoms with Crippen LogP contribution < -0.4 is 5.32 Å². The predicted molar refractivity (Wildman–Crippen MR) is 60.9 cm³/mol. The van der Waals surface area contributed by atoms with Crippen LogP contribution in [0.5, 0.6) is 0 Å². The number of benzene rings is 1. The normalized spacial score (nSPS) is 9.79. The number of carbonyl (C=O) groups is 1. The Morgan fingerprint density at radius 3 is 2.71 bits per heavy atom. The summed E-state index contributed by atoms with van der Waals surface area (Å²) < 4.78 is 0. The summed E-state index contributed by atoms with van der Waals surface area (Å²) in [6.07, 6.45) is 2.32. The van der Waals surface area contributed by atoms with Crippen LogP contribution in [0.15, 0.2) is 30.3 Å². The average molecular weight is 256 g/mol. The van der Waals surface area contributed by atoms with Crippen molar-refractivity contribution >= 4 is 25.4 Å². The Morgan fingerprint density at radius 1 is 1.36 bits per heavy atom. The quantitative estimate of drug-likeness (QED) is 0.636. The van der Waals surface area contributed by atoms with Crippen molar-refractivity contribution in [3.63, 3.8) is 0 Å². The van der Waals surface area contributed by atoms with E-state index in [1.54, 1.807) is 0 Å². The van der Waals surface area contributed by atoms with Gasteiger partial charge in [0, 0.05) is 0 Å². The minimum atomic E-state index is 0.0891. The van der Waals surface area contributed by atoms with E-state index in [1.807, 2.05) is 30.3 Å². The number of para-hydroxylation sites is 1. The first-order valence-electron chi connectivity index (χ1n) is 4.81. The summed E-state index contributed by atoms with van der Waals surface area (Å²) in [6.45, 7) is 2.14. The van der Waals surface area contributed by atoms with E-state index in [0.717, 1.165) is 17.4 Å². The molecule has 1 rings (SSSR count). The third-order valence-electron chi connectivity index (χ3n) is 1.75. The van der Waals surface area contributed by atoms with Crippen molar-refractivity contribution in [1.29, 1.82) is 0 Å². The van der Waals surface area contributed by atoms with Crippen molar-refractivity contribution in [3.05, 3.63) is 30.3 Å². The van der Waals surface area contributed by atoms with E-state index in [4.69, 9.17) is 0 Å². The van der Waals surface area contributed by atoms with Gasteiger partial charge in [0.25, 0.3) is 0 Å². The Labute approximate surface area is 91.2 Å². The first-order chi connectivity index (χ1) is 6.83. The Bertz CT molecular complexity index is 274. The topological polar surface area (TPSA) is 29.1 Å². The van der Waals surface area contributed by atoms with Crippen LogP contribution in [0.1, 0.15) is 19.8 Å². The number of hydrogen-bond donors (Lipinski definition) is 1. The first kappa shape index (κ1) is 11.3. The number of hydrogen-bond acceptors (Lipinski definition) is 1. The Kier molecular flexibility index (Phi) is 5.35. The van der Waals surface area contributed by atoms with Crippen LogP contribution >= 0.6 is 0 Å². The zero-order chi connectivity index (χ0) is 10.2. The second-order valence-corrected chi connectivity index (χ2v) is 5.22. The van der Waals surface area contributed by atoms with E-state index < -0.39 is 0 Å². The van der Waals surface area contributed by atoms with Gasteiger partial charge in [0.1, 0.15) is 0 Å². The van der Waals surface area contributed by atoms with Gasteiger partial charge in [0.05, 0.1) is 0 Å².